The number of benzene rings is 1. The first kappa shape index (κ1) is 10.5. The van der Waals surface area contributed by atoms with Gasteiger partial charge in [-0.15, -0.1) is 5.10 Å². The minimum absolute atomic E-state index is 0.311. The molecular weight excluding hydrogens is 206 g/mol. The molecule has 0 saturated carbocycles. The van der Waals surface area contributed by atoms with Crippen LogP contribution in [0.2, 0.25) is 0 Å². The summed E-state index contributed by atoms with van der Waals surface area (Å²) in [4.78, 5) is 11.6. The SMILES string of the molecule is CCOC(=O)n1nc(N)c2cc(C)ccc21. The molecule has 5 heteroatoms. The Balaban J connectivity index is 2.59. The highest BCUT2D eigenvalue weighted by Gasteiger charge is 2.14. The van der Waals surface area contributed by atoms with E-state index in [4.69, 9.17) is 10.5 Å². The lowest BCUT2D eigenvalue weighted by Crippen LogP contribution is -2.15. The Bertz CT molecular complexity index is 545. The van der Waals surface area contributed by atoms with E-state index < -0.39 is 6.09 Å². The van der Waals surface area contributed by atoms with Crippen LogP contribution in [0.4, 0.5) is 10.6 Å². The van der Waals surface area contributed by atoms with Crippen molar-refractivity contribution in [2.24, 2.45) is 0 Å². The van der Waals surface area contributed by atoms with Crippen molar-refractivity contribution in [1.29, 1.82) is 0 Å². The molecule has 5 nitrogen and oxygen atoms in total. The van der Waals surface area contributed by atoms with Gasteiger partial charge in [0.25, 0.3) is 0 Å². The number of aromatic nitrogens is 2. The summed E-state index contributed by atoms with van der Waals surface area (Å²) in [6.45, 7) is 4.02. The number of nitrogens with two attached hydrogens (primary N) is 1. The van der Waals surface area contributed by atoms with Gasteiger partial charge in [0.15, 0.2) is 5.82 Å². The second-order valence-electron chi connectivity index (χ2n) is 3.52. The van der Waals surface area contributed by atoms with E-state index in [-0.39, 0.29) is 0 Å². The van der Waals surface area contributed by atoms with E-state index in [0.29, 0.717) is 17.9 Å². The van der Waals surface area contributed by atoms with Crippen LogP contribution in [0.1, 0.15) is 12.5 Å². The summed E-state index contributed by atoms with van der Waals surface area (Å²) in [5.74, 6) is 0.340. The van der Waals surface area contributed by atoms with Gasteiger partial charge in [-0.2, -0.15) is 4.68 Å². The largest absolute Gasteiger partial charge is 0.448 e. The van der Waals surface area contributed by atoms with Crippen molar-refractivity contribution in [2.75, 3.05) is 12.3 Å². The zero-order valence-electron chi connectivity index (χ0n) is 9.23. The summed E-state index contributed by atoms with van der Waals surface area (Å²) >= 11 is 0. The minimum atomic E-state index is -0.506. The van der Waals surface area contributed by atoms with Gasteiger partial charge in [-0.25, -0.2) is 4.79 Å². The minimum Gasteiger partial charge on any atom is -0.448 e. The summed E-state index contributed by atoms with van der Waals surface area (Å²) in [5.41, 5.74) is 7.48. The number of hydrogen-bond donors (Lipinski definition) is 1. The zero-order chi connectivity index (χ0) is 11.7. The van der Waals surface area contributed by atoms with Crippen LogP contribution in [-0.4, -0.2) is 22.5 Å². The molecule has 0 aliphatic heterocycles. The molecule has 0 atom stereocenters. The molecule has 0 unspecified atom stereocenters. The highest BCUT2D eigenvalue weighted by molar-refractivity contribution is 5.95. The lowest BCUT2D eigenvalue weighted by molar-refractivity contribution is 0.151. The Hall–Kier alpha value is -2.04. The second-order valence-corrected chi connectivity index (χ2v) is 3.52. The lowest BCUT2D eigenvalue weighted by Gasteiger charge is -2.01. The van der Waals surface area contributed by atoms with E-state index in [2.05, 4.69) is 5.10 Å². The predicted molar refractivity (Wildman–Crippen MR) is 61.3 cm³/mol. The van der Waals surface area contributed by atoms with Crippen LogP contribution in [0.25, 0.3) is 10.9 Å². The third-order valence-corrected chi connectivity index (χ3v) is 2.30. The van der Waals surface area contributed by atoms with Gasteiger partial charge in [-0.1, -0.05) is 11.6 Å². The van der Waals surface area contributed by atoms with Gasteiger partial charge >= 0.3 is 6.09 Å². The van der Waals surface area contributed by atoms with Gasteiger partial charge in [0, 0.05) is 5.39 Å². The number of nitrogens with zero attached hydrogens (tertiary/aromatic N) is 2. The Labute approximate surface area is 92.8 Å². The van der Waals surface area contributed by atoms with Crippen LogP contribution in [0.5, 0.6) is 0 Å². The molecule has 0 aliphatic rings. The fourth-order valence-corrected chi connectivity index (χ4v) is 1.58. The van der Waals surface area contributed by atoms with Crippen molar-refractivity contribution >= 4 is 22.8 Å². The second kappa shape index (κ2) is 3.84. The first-order chi connectivity index (χ1) is 7.63. The number of anilines is 1. The van der Waals surface area contributed by atoms with Gasteiger partial charge in [0.05, 0.1) is 12.1 Å². The number of ether oxygens (including phenoxy) is 1. The van der Waals surface area contributed by atoms with Crippen molar-refractivity contribution in [3.05, 3.63) is 23.8 Å². The Morgan fingerprint density at radius 3 is 3.00 bits per heavy atom. The van der Waals surface area contributed by atoms with E-state index >= 15 is 0 Å². The average molecular weight is 219 g/mol. The number of hydrogen-bond acceptors (Lipinski definition) is 4. The van der Waals surface area contributed by atoms with Crippen molar-refractivity contribution in [2.45, 2.75) is 13.8 Å². The van der Waals surface area contributed by atoms with Gasteiger partial charge in [-0.3, -0.25) is 0 Å². The van der Waals surface area contributed by atoms with Crippen LogP contribution < -0.4 is 5.73 Å². The van der Waals surface area contributed by atoms with Gasteiger partial charge in [-0.05, 0) is 26.0 Å². The quantitative estimate of drug-likeness (QED) is 0.795. The summed E-state index contributed by atoms with van der Waals surface area (Å²) in [6, 6.07) is 5.61. The van der Waals surface area contributed by atoms with Gasteiger partial charge in [0.1, 0.15) is 0 Å². The number of fused-ring (bicyclic) bond motifs is 1. The van der Waals surface area contributed by atoms with E-state index in [0.717, 1.165) is 10.9 Å². The third kappa shape index (κ3) is 1.60. The maximum absolute atomic E-state index is 11.6. The number of carbonyl (C=O) groups is 1. The van der Waals surface area contributed by atoms with Crippen molar-refractivity contribution in [3.8, 4) is 0 Å². The molecule has 0 radical (unpaired) electrons. The summed E-state index contributed by atoms with van der Waals surface area (Å²) in [5, 5.41) is 4.74. The Morgan fingerprint density at radius 2 is 2.31 bits per heavy atom. The van der Waals surface area contributed by atoms with Crippen molar-refractivity contribution in [1.82, 2.24) is 9.78 Å². The summed E-state index contributed by atoms with van der Waals surface area (Å²) in [6.07, 6.45) is -0.506. The Kier molecular flexibility index (Phi) is 2.52. The highest BCUT2D eigenvalue weighted by atomic mass is 16.5. The molecule has 2 N–H and O–H groups in total. The molecule has 0 fully saturated rings. The molecule has 0 bridgehead atoms. The standard InChI is InChI=1S/C11H13N3O2/c1-3-16-11(15)14-9-5-4-7(2)6-8(9)10(12)13-14/h4-6H,3H2,1-2H3,(H2,12,13). The Morgan fingerprint density at radius 1 is 1.56 bits per heavy atom. The van der Waals surface area contributed by atoms with Crippen LogP contribution in [0.15, 0.2) is 18.2 Å². The van der Waals surface area contributed by atoms with Crippen LogP contribution in [-0.2, 0) is 4.74 Å². The fourth-order valence-electron chi connectivity index (χ4n) is 1.58. The van der Waals surface area contributed by atoms with Crippen molar-refractivity contribution in [3.63, 3.8) is 0 Å². The molecule has 0 aliphatic carbocycles. The molecule has 84 valence electrons. The normalized spacial score (nSPS) is 10.6. The van der Waals surface area contributed by atoms with Crippen LogP contribution in [0, 0.1) is 6.92 Å². The molecule has 1 aromatic heterocycles. The van der Waals surface area contributed by atoms with Crippen LogP contribution in [0.3, 0.4) is 0 Å². The molecule has 0 saturated heterocycles. The molecule has 16 heavy (non-hydrogen) atoms. The summed E-state index contributed by atoms with van der Waals surface area (Å²) < 4.78 is 6.07. The third-order valence-electron chi connectivity index (χ3n) is 2.30. The monoisotopic (exact) mass is 219 g/mol. The van der Waals surface area contributed by atoms with E-state index in [1.165, 1.54) is 4.68 Å². The fraction of sp³-hybridized carbons (Fsp3) is 0.273. The van der Waals surface area contributed by atoms with Gasteiger partial charge < -0.3 is 10.5 Å². The topological polar surface area (TPSA) is 70.1 Å². The number of nitrogen functional groups attached to an aromatic ring is 1. The maximum Gasteiger partial charge on any atom is 0.435 e. The molecule has 1 heterocycles. The lowest BCUT2D eigenvalue weighted by atomic mass is 10.2. The van der Waals surface area contributed by atoms with Crippen molar-refractivity contribution < 1.29 is 9.53 Å². The highest BCUT2D eigenvalue weighted by Crippen LogP contribution is 2.21. The molecule has 1 aromatic carbocycles. The number of carbonyl (C=O) groups excluding carboxylic acids is 1. The number of rotatable bonds is 1. The average Bonchev–Trinajstić information content (AvgIpc) is 2.56. The molecule has 2 aromatic rings. The predicted octanol–water partition coefficient (Wildman–Crippen LogP) is 1.93. The van der Waals surface area contributed by atoms with E-state index in [1.54, 1.807) is 6.92 Å². The molecule has 0 spiro atoms. The molecule has 2 rings (SSSR count). The molecular formula is C11H13N3O2. The summed E-state index contributed by atoms with van der Waals surface area (Å²) in [7, 11) is 0. The van der Waals surface area contributed by atoms with Crippen LogP contribution >= 0.6 is 0 Å². The maximum atomic E-state index is 11.6. The smallest absolute Gasteiger partial charge is 0.435 e. The number of aryl methyl sites for hydroxylation is 1. The molecule has 0 amide bonds. The first-order valence-corrected chi connectivity index (χ1v) is 5.05. The van der Waals surface area contributed by atoms with E-state index in [1.807, 2.05) is 25.1 Å². The first-order valence-electron chi connectivity index (χ1n) is 5.05. The van der Waals surface area contributed by atoms with E-state index in [9.17, 15) is 4.79 Å². The zero-order valence-corrected chi connectivity index (χ0v) is 9.23. The van der Waals surface area contributed by atoms with Gasteiger partial charge in [0.2, 0.25) is 0 Å².